The zero-order chi connectivity index (χ0) is 20.4. The first-order chi connectivity index (χ1) is 13.9. The Morgan fingerprint density at radius 2 is 1.90 bits per heavy atom. The molecule has 0 spiro atoms. The summed E-state index contributed by atoms with van der Waals surface area (Å²) in [6.07, 6.45) is -3.00. The minimum absolute atomic E-state index is 0.0462. The van der Waals surface area contributed by atoms with Crippen molar-refractivity contribution in [1.29, 1.82) is 0 Å². The monoisotopic (exact) mass is 403 g/mol. The maximum absolute atomic E-state index is 12.2. The maximum atomic E-state index is 12.2. The lowest BCUT2D eigenvalue weighted by Crippen LogP contribution is -2.16. The number of halogens is 3. The molecule has 7 nitrogen and oxygen atoms in total. The maximum Gasteiger partial charge on any atom is 0.573 e. The number of H-pyrrole nitrogens is 1. The SMILES string of the molecule is O=C(OCc1nc(-c2ccc(OC(F)(F)F)cc2)no1)c1ccc2cc[nH]c2c1. The third-order valence-electron chi connectivity index (χ3n) is 3.93. The van der Waals surface area contributed by atoms with Crippen molar-refractivity contribution in [2.45, 2.75) is 13.0 Å². The van der Waals surface area contributed by atoms with Crippen LogP contribution in [0.25, 0.3) is 22.3 Å². The number of hydrogen-bond donors (Lipinski definition) is 1. The number of rotatable bonds is 5. The summed E-state index contributed by atoms with van der Waals surface area (Å²) in [7, 11) is 0. The van der Waals surface area contributed by atoms with E-state index < -0.39 is 12.3 Å². The zero-order valence-corrected chi connectivity index (χ0v) is 14.6. The zero-order valence-electron chi connectivity index (χ0n) is 14.6. The predicted molar refractivity (Wildman–Crippen MR) is 93.8 cm³/mol. The largest absolute Gasteiger partial charge is 0.573 e. The van der Waals surface area contributed by atoms with Gasteiger partial charge in [0.25, 0.3) is 5.89 Å². The van der Waals surface area contributed by atoms with Crippen LogP contribution in [0.5, 0.6) is 5.75 Å². The summed E-state index contributed by atoms with van der Waals surface area (Å²) in [6, 6.07) is 12.0. The molecule has 0 fully saturated rings. The van der Waals surface area contributed by atoms with Crippen LogP contribution in [0.4, 0.5) is 13.2 Å². The molecular formula is C19H12F3N3O4. The van der Waals surface area contributed by atoms with Gasteiger partial charge < -0.3 is 19.0 Å². The van der Waals surface area contributed by atoms with Gasteiger partial charge in [0.15, 0.2) is 6.61 Å². The molecule has 0 saturated heterocycles. The average Bonchev–Trinajstić information content (AvgIpc) is 3.34. The van der Waals surface area contributed by atoms with Gasteiger partial charge in [-0.15, -0.1) is 13.2 Å². The Hall–Kier alpha value is -3.82. The standard InChI is InChI=1S/C19H12F3N3O4/c20-19(21,22)28-14-5-3-12(4-6-14)17-24-16(29-25-17)10-27-18(26)13-2-1-11-7-8-23-15(11)9-13/h1-9,23H,10H2. The summed E-state index contributed by atoms with van der Waals surface area (Å²) in [6.45, 7) is -0.246. The molecule has 0 saturated carbocycles. The Bertz CT molecular complexity index is 1150. The van der Waals surface area contributed by atoms with Crippen LogP contribution in [0.2, 0.25) is 0 Å². The Balaban J connectivity index is 1.39. The normalized spacial score (nSPS) is 11.6. The number of carbonyl (C=O) groups excluding carboxylic acids is 1. The first-order valence-corrected chi connectivity index (χ1v) is 8.30. The fourth-order valence-electron chi connectivity index (χ4n) is 2.62. The fraction of sp³-hybridized carbons (Fsp3) is 0.105. The summed E-state index contributed by atoms with van der Waals surface area (Å²) >= 11 is 0. The topological polar surface area (TPSA) is 90.2 Å². The lowest BCUT2D eigenvalue weighted by atomic mass is 10.2. The van der Waals surface area contributed by atoms with Crippen molar-refractivity contribution in [1.82, 2.24) is 15.1 Å². The second-order valence-corrected chi connectivity index (χ2v) is 5.94. The van der Waals surface area contributed by atoms with Gasteiger partial charge in [0.2, 0.25) is 5.82 Å². The van der Waals surface area contributed by atoms with E-state index in [4.69, 9.17) is 9.26 Å². The van der Waals surface area contributed by atoms with E-state index in [1.165, 1.54) is 12.1 Å². The molecule has 0 bridgehead atoms. The molecule has 29 heavy (non-hydrogen) atoms. The van der Waals surface area contributed by atoms with Crippen molar-refractivity contribution in [2.24, 2.45) is 0 Å². The molecule has 148 valence electrons. The van der Waals surface area contributed by atoms with Crippen LogP contribution in [0, 0.1) is 0 Å². The minimum Gasteiger partial charge on any atom is -0.452 e. The van der Waals surface area contributed by atoms with Crippen LogP contribution >= 0.6 is 0 Å². The number of benzene rings is 2. The van der Waals surface area contributed by atoms with E-state index in [0.717, 1.165) is 23.0 Å². The number of nitrogens with one attached hydrogen (secondary N) is 1. The lowest BCUT2D eigenvalue weighted by Gasteiger charge is -2.08. The highest BCUT2D eigenvalue weighted by Gasteiger charge is 2.31. The lowest BCUT2D eigenvalue weighted by molar-refractivity contribution is -0.274. The number of fused-ring (bicyclic) bond motifs is 1. The third-order valence-corrected chi connectivity index (χ3v) is 3.93. The van der Waals surface area contributed by atoms with Crippen molar-refractivity contribution in [3.63, 3.8) is 0 Å². The predicted octanol–water partition coefficient (Wildman–Crippen LogP) is 4.47. The van der Waals surface area contributed by atoms with Crippen LogP contribution in [0.15, 0.2) is 59.3 Å². The Kier molecular flexibility index (Phi) is 4.67. The molecule has 10 heteroatoms. The molecule has 0 radical (unpaired) electrons. The number of alkyl halides is 3. The summed E-state index contributed by atoms with van der Waals surface area (Å²) in [4.78, 5) is 19.3. The van der Waals surface area contributed by atoms with E-state index in [2.05, 4.69) is 19.9 Å². The van der Waals surface area contributed by atoms with Crippen LogP contribution in [0.3, 0.4) is 0 Å². The highest BCUT2D eigenvalue weighted by Crippen LogP contribution is 2.25. The molecule has 0 aliphatic carbocycles. The number of ether oxygens (including phenoxy) is 2. The molecule has 0 unspecified atom stereocenters. The molecule has 0 aliphatic heterocycles. The molecular weight excluding hydrogens is 391 g/mol. The van der Waals surface area contributed by atoms with E-state index >= 15 is 0 Å². The van der Waals surface area contributed by atoms with Gasteiger partial charge in [-0.3, -0.25) is 0 Å². The van der Waals surface area contributed by atoms with Crippen molar-refractivity contribution in [3.8, 4) is 17.1 Å². The number of esters is 1. The third kappa shape index (κ3) is 4.37. The van der Waals surface area contributed by atoms with Crippen molar-refractivity contribution in [3.05, 3.63) is 66.2 Å². The van der Waals surface area contributed by atoms with Crippen LogP contribution in [0.1, 0.15) is 16.2 Å². The number of hydrogen-bond acceptors (Lipinski definition) is 6. The first kappa shape index (κ1) is 18.5. The highest BCUT2D eigenvalue weighted by atomic mass is 19.4. The first-order valence-electron chi connectivity index (χ1n) is 8.30. The van der Waals surface area contributed by atoms with Gasteiger partial charge >= 0.3 is 12.3 Å². The number of aromatic nitrogens is 3. The number of carbonyl (C=O) groups is 1. The molecule has 1 N–H and O–H groups in total. The van der Waals surface area contributed by atoms with E-state index in [1.807, 2.05) is 6.07 Å². The molecule has 2 aromatic carbocycles. The summed E-state index contributed by atoms with van der Waals surface area (Å²) in [5.41, 5.74) is 1.58. The van der Waals surface area contributed by atoms with E-state index in [1.54, 1.807) is 24.4 Å². The number of aromatic amines is 1. The molecule has 4 rings (SSSR count). The Labute approximate surface area is 161 Å². The van der Waals surface area contributed by atoms with Crippen LogP contribution in [-0.2, 0) is 11.3 Å². The molecule has 2 aromatic heterocycles. The van der Waals surface area contributed by atoms with Crippen LogP contribution in [-0.4, -0.2) is 27.5 Å². The Morgan fingerprint density at radius 1 is 1.10 bits per heavy atom. The van der Waals surface area contributed by atoms with Gasteiger partial charge in [-0.05, 0) is 47.9 Å². The highest BCUT2D eigenvalue weighted by molar-refractivity contribution is 5.94. The van der Waals surface area contributed by atoms with Gasteiger partial charge in [0.05, 0.1) is 5.56 Å². The van der Waals surface area contributed by atoms with Gasteiger partial charge in [-0.1, -0.05) is 11.2 Å². The summed E-state index contributed by atoms with van der Waals surface area (Å²) in [5, 5.41) is 4.70. The van der Waals surface area contributed by atoms with Gasteiger partial charge in [-0.2, -0.15) is 4.98 Å². The van der Waals surface area contributed by atoms with E-state index in [-0.39, 0.29) is 24.1 Å². The van der Waals surface area contributed by atoms with Gasteiger partial charge in [0, 0.05) is 17.3 Å². The molecule has 0 atom stereocenters. The molecule has 2 heterocycles. The van der Waals surface area contributed by atoms with E-state index in [0.29, 0.717) is 11.1 Å². The number of nitrogens with zero attached hydrogens (tertiary/aromatic N) is 2. The average molecular weight is 403 g/mol. The van der Waals surface area contributed by atoms with Crippen molar-refractivity contribution in [2.75, 3.05) is 0 Å². The van der Waals surface area contributed by atoms with Crippen LogP contribution < -0.4 is 4.74 Å². The summed E-state index contributed by atoms with van der Waals surface area (Å²) in [5.74, 6) is -0.736. The molecule has 0 aliphatic rings. The quantitative estimate of drug-likeness (QED) is 0.495. The second-order valence-electron chi connectivity index (χ2n) is 5.94. The molecule has 4 aromatic rings. The minimum atomic E-state index is -4.77. The molecule has 0 amide bonds. The smallest absolute Gasteiger partial charge is 0.452 e. The van der Waals surface area contributed by atoms with Gasteiger partial charge in [-0.25, -0.2) is 4.79 Å². The Morgan fingerprint density at radius 3 is 2.66 bits per heavy atom. The second kappa shape index (κ2) is 7.30. The summed E-state index contributed by atoms with van der Waals surface area (Å²) < 4.78 is 50.6. The van der Waals surface area contributed by atoms with Crippen molar-refractivity contribution >= 4 is 16.9 Å². The van der Waals surface area contributed by atoms with Gasteiger partial charge in [0.1, 0.15) is 5.75 Å². The van der Waals surface area contributed by atoms with Crippen molar-refractivity contribution < 1.29 is 32.0 Å². The van der Waals surface area contributed by atoms with E-state index in [9.17, 15) is 18.0 Å². The fourth-order valence-corrected chi connectivity index (χ4v) is 2.62.